The molecule has 5 heteroatoms. The second-order valence-corrected chi connectivity index (χ2v) is 8.32. The molecule has 2 aliphatic rings. The molecule has 0 aromatic heterocycles. The fourth-order valence-corrected chi connectivity index (χ4v) is 4.12. The summed E-state index contributed by atoms with van der Waals surface area (Å²) in [5.74, 6) is -0.0837. The van der Waals surface area contributed by atoms with E-state index in [2.05, 4.69) is 34.5 Å². The number of rotatable bonds is 7. The molecule has 2 unspecified atom stereocenters. The van der Waals surface area contributed by atoms with Crippen molar-refractivity contribution < 1.29 is 9.53 Å². The zero-order chi connectivity index (χ0) is 18.8. The lowest BCUT2D eigenvalue weighted by molar-refractivity contribution is -0.170. The van der Waals surface area contributed by atoms with Gasteiger partial charge in [-0.25, -0.2) is 0 Å². The molecule has 1 aromatic carbocycles. The SMILES string of the molecule is CCOC1CC(N)(C(=O)NCc2ccc(CN3CCCC3)cc2)C1(C)C. The Hall–Kier alpha value is -1.43. The van der Waals surface area contributed by atoms with Gasteiger partial charge in [0.05, 0.1) is 6.10 Å². The van der Waals surface area contributed by atoms with Crippen LogP contribution in [0, 0.1) is 5.41 Å². The van der Waals surface area contributed by atoms with Gasteiger partial charge in [-0.1, -0.05) is 38.1 Å². The standard InChI is InChI=1S/C21H33N3O2/c1-4-26-18-13-21(22,20(18,2)3)19(25)23-14-16-7-9-17(10-8-16)15-24-11-5-6-12-24/h7-10,18H,4-6,11-15,22H2,1-3H3,(H,23,25). The number of hydrogen-bond acceptors (Lipinski definition) is 4. The molecule has 1 aliphatic carbocycles. The molecule has 2 fully saturated rings. The quantitative estimate of drug-likeness (QED) is 0.785. The summed E-state index contributed by atoms with van der Waals surface area (Å²) in [4.78, 5) is 15.2. The highest BCUT2D eigenvalue weighted by atomic mass is 16.5. The minimum Gasteiger partial charge on any atom is -0.378 e. The number of carbonyl (C=O) groups excluding carboxylic acids is 1. The maximum atomic E-state index is 12.7. The second kappa shape index (κ2) is 7.67. The van der Waals surface area contributed by atoms with Crippen LogP contribution in [0.25, 0.3) is 0 Å². The van der Waals surface area contributed by atoms with Gasteiger partial charge in [0.15, 0.2) is 0 Å². The van der Waals surface area contributed by atoms with Gasteiger partial charge in [0.25, 0.3) is 0 Å². The molecular weight excluding hydrogens is 326 g/mol. The van der Waals surface area contributed by atoms with Crippen LogP contribution in [0.2, 0.25) is 0 Å². The van der Waals surface area contributed by atoms with E-state index in [9.17, 15) is 4.79 Å². The summed E-state index contributed by atoms with van der Waals surface area (Å²) >= 11 is 0. The van der Waals surface area contributed by atoms with E-state index in [1.54, 1.807) is 0 Å². The summed E-state index contributed by atoms with van der Waals surface area (Å²) in [6.07, 6.45) is 3.25. The summed E-state index contributed by atoms with van der Waals surface area (Å²) in [7, 11) is 0. The third-order valence-electron chi connectivity index (χ3n) is 6.32. The van der Waals surface area contributed by atoms with Crippen molar-refractivity contribution in [1.29, 1.82) is 0 Å². The highest BCUT2D eigenvalue weighted by Crippen LogP contribution is 2.49. The molecule has 0 spiro atoms. The minimum atomic E-state index is -0.859. The lowest BCUT2D eigenvalue weighted by Gasteiger charge is -2.57. The zero-order valence-electron chi connectivity index (χ0n) is 16.4. The number of hydrogen-bond donors (Lipinski definition) is 2. The molecule has 5 nitrogen and oxygen atoms in total. The summed E-state index contributed by atoms with van der Waals surface area (Å²) in [5, 5.41) is 3.02. The largest absolute Gasteiger partial charge is 0.378 e. The van der Waals surface area contributed by atoms with Crippen LogP contribution in [0.1, 0.15) is 51.2 Å². The molecule has 1 saturated carbocycles. The Labute approximate surface area is 157 Å². The Morgan fingerprint density at radius 3 is 2.42 bits per heavy atom. The van der Waals surface area contributed by atoms with Gasteiger partial charge in [-0.2, -0.15) is 0 Å². The van der Waals surface area contributed by atoms with E-state index in [0.29, 0.717) is 19.6 Å². The minimum absolute atomic E-state index is 0.0492. The third kappa shape index (κ3) is 3.66. The van der Waals surface area contributed by atoms with Gasteiger partial charge in [0.1, 0.15) is 5.54 Å². The molecule has 1 aromatic rings. The maximum Gasteiger partial charge on any atom is 0.241 e. The first-order valence-electron chi connectivity index (χ1n) is 9.86. The Morgan fingerprint density at radius 2 is 1.85 bits per heavy atom. The second-order valence-electron chi connectivity index (χ2n) is 8.32. The number of amides is 1. The van der Waals surface area contributed by atoms with Crippen LogP contribution in [0.4, 0.5) is 0 Å². The first-order valence-corrected chi connectivity index (χ1v) is 9.86. The van der Waals surface area contributed by atoms with Crippen molar-refractivity contribution >= 4 is 5.91 Å². The van der Waals surface area contributed by atoms with Crippen LogP contribution in [0.5, 0.6) is 0 Å². The number of ether oxygens (including phenoxy) is 1. The van der Waals surface area contributed by atoms with Crippen molar-refractivity contribution in [3.05, 3.63) is 35.4 Å². The average Bonchev–Trinajstić information content (AvgIpc) is 3.13. The van der Waals surface area contributed by atoms with Crippen molar-refractivity contribution in [1.82, 2.24) is 10.2 Å². The van der Waals surface area contributed by atoms with E-state index in [4.69, 9.17) is 10.5 Å². The number of nitrogens with one attached hydrogen (secondary N) is 1. The summed E-state index contributed by atoms with van der Waals surface area (Å²) in [5.41, 5.74) is 7.65. The van der Waals surface area contributed by atoms with Crippen LogP contribution >= 0.6 is 0 Å². The van der Waals surface area contributed by atoms with E-state index >= 15 is 0 Å². The monoisotopic (exact) mass is 359 g/mol. The van der Waals surface area contributed by atoms with Crippen molar-refractivity contribution in [2.45, 2.75) is 64.8 Å². The molecule has 144 valence electrons. The molecule has 1 heterocycles. The van der Waals surface area contributed by atoms with Gasteiger partial charge < -0.3 is 15.8 Å². The molecule has 1 aliphatic heterocycles. The van der Waals surface area contributed by atoms with Gasteiger partial charge in [-0.3, -0.25) is 9.69 Å². The van der Waals surface area contributed by atoms with Crippen molar-refractivity contribution in [2.24, 2.45) is 11.1 Å². The zero-order valence-corrected chi connectivity index (χ0v) is 16.4. The first-order chi connectivity index (χ1) is 12.4. The Morgan fingerprint density at radius 1 is 1.23 bits per heavy atom. The number of carbonyl (C=O) groups is 1. The lowest BCUT2D eigenvalue weighted by Crippen LogP contribution is -2.75. The van der Waals surface area contributed by atoms with Gasteiger partial charge >= 0.3 is 0 Å². The van der Waals surface area contributed by atoms with Crippen LogP contribution in [-0.2, 0) is 22.6 Å². The smallest absolute Gasteiger partial charge is 0.241 e. The fraction of sp³-hybridized carbons (Fsp3) is 0.667. The topological polar surface area (TPSA) is 67.6 Å². The molecule has 2 atom stereocenters. The fourth-order valence-electron chi connectivity index (χ4n) is 4.12. The van der Waals surface area contributed by atoms with Crippen molar-refractivity contribution in [2.75, 3.05) is 19.7 Å². The van der Waals surface area contributed by atoms with E-state index in [0.717, 1.165) is 12.1 Å². The predicted octanol–water partition coefficient (Wildman–Crippen LogP) is 2.43. The lowest BCUT2D eigenvalue weighted by atomic mass is 9.54. The van der Waals surface area contributed by atoms with Crippen LogP contribution < -0.4 is 11.1 Å². The van der Waals surface area contributed by atoms with Crippen LogP contribution in [0.15, 0.2) is 24.3 Å². The van der Waals surface area contributed by atoms with Crippen LogP contribution in [-0.4, -0.2) is 42.1 Å². The molecule has 1 amide bonds. The summed E-state index contributed by atoms with van der Waals surface area (Å²) in [6, 6.07) is 8.53. The molecule has 0 bridgehead atoms. The number of nitrogens with zero attached hydrogens (tertiary/aromatic N) is 1. The van der Waals surface area contributed by atoms with E-state index in [1.165, 1.54) is 31.5 Å². The van der Waals surface area contributed by atoms with E-state index in [-0.39, 0.29) is 17.4 Å². The normalized spacial score (nSPS) is 27.9. The molecule has 1 saturated heterocycles. The highest BCUT2D eigenvalue weighted by Gasteiger charge is 2.62. The van der Waals surface area contributed by atoms with E-state index < -0.39 is 5.54 Å². The molecular formula is C21H33N3O2. The van der Waals surface area contributed by atoms with Gasteiger partial charge in [-0.15, -0.1) is 0 Å². The highest BCUT2D eigenvalue weighted by molar-refractivity contribution is 5.88. The van der Waals surface area contributed by atoms with Crippen LogP contribution in [0.3, 0.4) is 0 Å². The predicted molar refractivity (Wildman–Crippen MR) is 104 cm³/mol. The van der Waals surface area contributed by atoms with Gasteiger partial charge in [0.2, 0.25) is 5.91 Å². The Balaban J connectivity index is 1.51. The maximum absolute atomic E-state index is 12.7. The van der Waals surface area contributed by atoms with E-state index in [1.807, 2.05) is 20.8 Å². The molecule has 0 radical (unpaired) electrons. The summed E-state index contributed by atoms with van der Waals surface area (Å²) < 4.78 is 5.71. The van der Waals surface area contributed by atoms with Crippen molar-refractivity contribution in [3.8, 4) is 0 Å². The number of likely N-dealkylation sites (tertiary alicyclic amines) is 1. The molecule has 26 heavy (non-hydrogen) atoms. The molecule has 3 rings (SSSR count). The van der Waals surface area contributed by atoms with Crippen molar-refractivity contribution in [3.63, 3.8) is 0 Å². The third-order valence-corrected chi connectivity index (χ3v) is 6.32. The number of nitrogens with two attached hydrogens (primary N) is 1. The first kappa shape index (κ1) is 19.3. The Kier molecular flexibility index (Phi) is 5.70. The Bertz CT molecular complexity index is 623. The average molecular weight is 360 g/mol. The number of benzene rings is 1. The molecule has 3 N–H and O–H groups in total. The summed E-state index contributed by atoms with van der Waals surface area (Å²) in [6.45, 7) is 10.6. The van der Waals surface area contributed by atoms with Gasteiger partial charge in [-0.05, 0) is 44.0 Å². The van der Waals surface area contributed by atoms with Gasteiger partial charge in [0, 0.05) is 31.5 Å².